The van der Waals surface area contributed by atoms with Gasteiger partial charge in [-0.05, 0) is 32.4 Å². The quantitative estimate of drug-likeness (QED) is 0.626. The first-order valence-electron chi connectivity index (χ1n) is 5.37. The lowest BCUT2D eigenvalue weighted by Gasteiger charge is -2.29. The van der Waals surface area contributed by atoms with E-state index in [2.05, 4.69) is 5.32 Å². The topological polar surface area (TPSA) is 52.6 Å². The molecule has 4 nitrogen and oxygen atoms in total. The molecule has 1 saturated heterocycles. The van der Waals surface area contributed by atoms with Crippen LogP contribution in [0.5, 0.6) is 0 Å². The van der Waals surface area contributed by atoms with Crippen LogP contribution in [0.15, 0.2) is 0 Å². The summed E-state index contributed by atoms with van der Waals surface area (Å²) < 4.78 is 0. The summed E-state index contributed by atoms with van der Waals surface area (Å²) in [5.74, 6) is 0.762. The average Bonchev–Trinajstić information content (AvgIpc) is 2.13. The summed E-state index contributed by atoms with van der Waals surface area (Å²) in [7, 11) is 0. The second-order valence-corrected chi connectivity index (χ2v) is 3.78. The fourth-order valence-corrected chi connectivity index (χ4v) is 1.59. The maximum Gasteiger partial charge on any atom is 0.222 e. The fourth-order valence-electron chi connectivity index (χ4n) is 1.59. The molecule has 1 rings (SSSR count). The number of nitrogens with one attached hydrogen (secondary N) is 1. The first-order chi connectivity index (χ1) is 6.77. The minimum Gasteiger partial charge on any atom is -0.396 e. The monoisotopic (exact) mass is 200 g/mol. The van der Waals surface area contributed by atoms with Crippen LogP contribution in [0, 0.1) is 5.92 Å². The van der Waals surface area contributed by atoms with Crippen LogP contribution in [0.1, 0.15) is 19.8 Å². The Morgan fingerprint density at radius 3 is 2.71 bits per heavy atom. The molecule has 2 N–H and O–H groups in total. The second kappa shape index (κ2) is 5.98. The molecule has 1 amide bonds. The normalized spacial score (nSPS) is 16.4. The number of hydrogen-bond acceptors (Lipinski definition) is 3. The third-order valence-electron chi connectivity index (χ3n) is 2.65. The Labute approximate surface area is 85.3 Å². The van der Waals surface area contributed by atoms with Gasteiger partial charge in [0.2, 0.25) is 5.91 Å². The van der Waals surface area contributed by atoms with Gasteiger partial charge in [0.25, 0.3) is 0 Å². The molecule has 1 aliphatic heterocycles. The van der Waals surface area contributed by atoms with E-state index in [4.69, 9.17) is 5.11 Å². The van der Waals surface area contributed by atoms with Crippen molar-refractivity contribution in [1.82, 2.24) is 10.2 Å². The van der Waals surface area contributed by atoms with Crippen molar-refractivity contribution >= 4 is 5.91 Å². The number of hydrogen-bond donors (Lipinski definition) is 2. The van der Waals surface area contributed by atoms with Gasteiger partial charge in [-0.2, -0.15) is 0 Å². The number of carbonyl (C=O) groups excluding carboxylic acids is 1. The Kier molecular flexibility index (Phi) is 4.90. The summed E-state index contributed by atoms with van der Waals surface area (Å²) in [6, 6.07) is 0. The fraction of sp³-hybridized carbons (Fsp3) is 0.900. The van der Waals surface area contributed by atoms with Crippen molar-refractivity contribution in [3.8, 4) is 0 Å². The van der Waals surface area contributed by atoms with E-state index in [0.29, 0.717) is 25.3 Å². The van der Waals surface area contributed by atoms with Crippen molar-refractivity contribution < 1.29 is 9.90 Å². The minimum atomic E-state index is 0.161. The number of amides is 1. The summed E-state index contributed by atoms with van der Waals surface area (Å²) >= 11 is 0. The highest BCUT2D eigenvalue weighted by Gasteiger charge is 2.22. The summed E-state index contributed by atoms with van der Waals surface area (Å²) in [4.78, 5) is 13.5. The lowest BCUT2D eigenvalue weighted by atomic mass is 9.98. The van der Waals surface area contributed by atoms with Crippen molar-refractivity contribution in [2.75, 3.05) is 32.8 Å². The third kappa shape index (κ3) is 3.27. The number of carbonyl (C=O) groups is 1. The van der Waals surface area contributed by atoms with Crippen LogP contribution < -0.4 is 5.32 Å². The molecule has 0 aromatic carbocycles. The Balaban J connectivity index is 2.23. The highest BCUT2D eigenvalue weighted by atomic mass is 16.3. The van der Waals surface area contributed by atoms with E-state index in [-0.39, 0.29) is 12.5 Å². The molecular weight excluding hydrogens is 180 g/mol. The molecule has 1 aliphatic rings. The minimum absolute atomic E-state index is 0.161. The Morgan fingerprint density at radius 2 is 2.29 bits per heavy atom. The van der Waals surface area contributed by atoms with Gasteiger partial charge in [0.15, 0.2) is 0 Å². The van der Waals surface area contributed by atoms with Crippen molar-refractivity contribution in [1.29, 1.82) is 0 Å². The molecular formula is C10H20N2O2. The van der Waals surface area contributed by atoms with Crippen molar-refractivity contribution in [2.24, 2.45) is 5.92 Å². The van der Waals surface area contributed by atoms with E-state index < -0.39 is 0 Å². The second-order valence-electron chi connectivity index (χ2n) is 3.78. The van der Waals surface area contributed by atoms with Crippen LogP contribution in [0.3, 0.4) is 0 Å². The van der Waals surface area contributed by atoms with Crippen LogP contribution in [0.2, 0.25) is 0 Å². The average molecular weight is 200 g/mol. The van der Waals surface area contributed by atoms with Gasteiger partial charge in [-0.15, -0.1) is 0 Å². The Hall–Kier alpha value is -0.610. The van der Waals surface area contributed by atoms with Crippen LogP contribution in [-0.2, 0) is 4.79 Å². The van der Waals surface area contributed by atoms with Crippen molar-refractivity contribution in [3.63, 3.8) is 0 Å². The molecule has 0 saturated carbocycles. The molecule has 1 heterocycles. The maximum absolute atomic E-state index is 11.7. The molecule has 0 radical (unpaired) electrons. The van der Waals surface area contributed by atoms with Gasteiger partial charge in [-0.25, -0.2) is 0 Å². The summed E-state index contributed by atoms with van der Waals surface area (Å²) in [5, 5.41) is 11.8. The highest BCUT2D eigenvalue weighted by molar-refractivity contribution is 5.76. The predicted octanol–water partition coefficient (Wildman–Crippen LogP) is -0.173. The maximum atomic E-state index is 11.7. The Morgan fingerprint density at radius 1 is 1.57 bits per heavy atom. The smallest absolute Gasteiger partial charge is 0.222 e. The summed E-state index contributed by atoms with van der Waals surface area (Å²) in [6.45, 7) is 5.53. The number of aliphatic hydroxyl groups is 1. The summed E-state index contributed by atoms with van der Waals surface area (Å²) in [6.07, 6.45) is 1.34. The van der Waals surface area contributed by atoms with Gasteiger partial charge in [-0.3, -0.25) is 4.79 Å². The Bertz CT molecular complexity index is 181. The van der Waals surface area contributed by atoms with Gasteiger partial charge in [0, 0.05) is 26.1 Å². The molecule has 0 atom stereocenters. The van der Waals surface area contributed by atoms with Gasteiger partial charge < -0.3 is 15.3 Å². The molecule has 0 aliphatic carbocycles. The molecule has 0 spiro atoms. The van der Waals surface area contributed by atoms with Crippen molar-refractivity contribution in [2.45, 2.75) is 19.8 Å². The zero-order chi connectivity index (χ0) is 10.4. The summed E-state index contributed by atoms with van der Waals surface area (Å²) in [5.41, 5.74) is 0. The molecule has 0 aromatic rings. The first kappa shape index (κ1) is 11.5. The zero-order valence-electron chi connectivity index (χ0n) is 8.83. The molecule has 1 fully saturated rings. The molecule has 4 heteroatoms. The van der Waals surface area contributed by atoms with Gasteiger partial charge in [0.05, 0.1) is 0 Å². The number of rotatable bonds is 6. The molecule has 82 valence electrons. The molecule has 0 bridgehead atoms. The molecule has 14 heavy (non-hydrogen) atoms. The van der Waals surface area contributed by atoms with Crippen molar-refractivity contribution in [3.05, 3.63) is 0 Å². The predicted molar refractivity (Wildman–Crippen MR) is 54.9 cm³/mol. The number of nitrogens with zero attached hydrogens (tertiary/aromatic N) is 1. The SMILES string of the molecule is CCN(CCCO)C(=O)CC1CNC1. The molecule has 0 aromatic heterocycles. The van der Waals surface area contributed by atoms with Crippen LogP contribution >= 0.6 is 0 Å². The zero-order valence-corrected chi connectivity index (χ0v) is 8.83. The van der Waals surface area contributed by atoms with Gasteiger partial charge in [0.1, 0.15) is 0 Å². The van der Waals surface area contributed by atoms with E-state index in [1.165, 1.54) is 0 Å². The van der Waals surface area contributed by atoms with Crippen LogP contribution in [-0.4, -0.2) is 48.7 Å². The first-order valence-corrected chi connectivity index (χ1v) is 5.37. The van der Waals surface area contributed by atoms with Gasteiger partial charge >= 0.3 is 0 Å². The van der Waals surface area contributed by atoms with E-state index in [1.54, 1.807) is 0 Å². The van der Waals surface area contributed by atoms with E-state index in [1.807, 2.05) is 11.8 Å². The van der Waals surface area contributed by atoms with Gasteiger partial charge in [-0.1, -0.05) is 0 Å². The third-order valence-corrected chi connectivity index (χ3v) is 2.65. The van der Waals surface area contributed by atoms with E-state index >= 15 is 0 Å². The lowest BCUT2D eigenvalue weighted by Crippen LogP contribution is -2.45. The lowest BCUT2D eigenvalue weighted by molar-refractivity contribution is -0.132. The number of aliphatic hydroxyl groups excluding tert-OH is 1. The van der Waals surface area contributed by atoms with E-state index in [0.717, 1.165) is 19.6 Å². The highest BCUT2D eigenvalue weighted by Crippen LogP contribution is 2.10. The standard InChI is InChI=1S/C10H20N2O2/c1-2-12(4-3-5-13)10(14)6-9-7-11-8-9/h9,11,13H,2-8H2,1H3. The van der Waals surface area contributed by atoms with Crippen LogP contribution in [0.25, 0.3) is 0 Å². The largest absolute Gasteiger partial charge is 0.396 e. The molecule has 0 unspecified atom stereocenters. The van der Waals surface area contributed by atoms with E-state index in [9.17, 15) is 4.79 Å². The van der Waals surface area contributed by atoms with Crippen LogP contribution in [0.4, 0.5) is 0 Å².